The third kappa shape index (κ3) is 2.34. The summed E-state index contributed by atoms with van der Waals surface area (Å²) in [5, 5.41) is 10.9. The predicted molar refractivity (Wildman–Crippen MR) is 82.7 cm³/mol. The Morgan fingerprint density at radius 1 is 1.00 bits per heavy atom. The van der Waals surface area contributed by atoms with Crippen LogP contribution in [0.3, 0.4) is 0 Å². The van der Waals surface area contributed by atoms with Crippen molar-refractivity contribution in [2.24, 2.45) is 0 Å². The van der Waals surface area contributed by atoms with Gasteiger partial charge in [-0.05, 0) is 48.3 Å². The quantitative estimate of drug-likeness (QED) is 0.921. The molecule has 2 aromatic carbocycles. The lowest BCUT2D eigenvalue weighted by Gasteiger charge is -2.24. The van der Waals surface area contributed by atoms with Crippen molar-refractivity contribution in [1.29, 1.82) is 0 Å². The molecule has 1 heterocycles. The fourth-order valence-corrected chi connectivity index (χ4v) is 3.32. The van der Waals surface area contributed by atoms with Crippen molar-refractivity contribution in [1.82, 2.24) is 0 Å². The lowest BCUT2D eigenvalue weighted by atomic mass is 9.91. The molecule has 2 nitrogen and oxygen atoms in total. The molecule has 2 aromatic rings. The summed E-state index contributed by atoms with van der Waals surface area (Å²) < 4.78 is 5.85. The van der Waals surface area contributed by atoms with Crippen molar-refractivity contribution < 1.29 is 9.84 Å². The molecule has 21 heavy (non-hydrogen) atoms. The second-order valence-electron chi connectivity index (χ2n) is 6.09. The Hall–Kier alpha value is -1.80. The van der Waals surface area contributed by atoms with Gasteiger partial charge in [-0.3, -0.25) is 0 Å². The zero-order valence-electron chi connectivity index (χ0n) is 12.1. The first kappa shape index (κ1) is 12.9. The molecule has 1 saturated carbocycles. The van der Waals surface area contributed by atoms with E-state index in [0.717, 1.165) is 36.3 Å². The van der Waals surface area contributed by atoms with E-state index < -0.39 is 6.10 Å². The molecule has 0 bridgehead atoms. The van der Waals surface area contributed by atoms with Gasteiger partial charge in [0, 0.05) is 5.56 Å². The first-order valence-corrected chi connectivity index (χ1v) is 7.86. The molecule has 4 rings (SSSR count). The van der Waals surface area contributed by atoms with E-state index in [0.29, 0.717) is 5.92 Å². The molecule has 0 radical (unpaired) electrons. The molecule has 0 aromatic heterocycles. The fourth-order valence-electron chi connectivity index (χ4n) is 3.32. The largest absolute Gasteiger partial charge is 0.493 e. The molecule has 2 aliphatic rings. The maximum absolute atomic E-state index is 10.9. The number of hydrogen-bond donors (Lipinski definition) is 1. The van der Waals surface area contributed by atoms with Crippen LogP contribution in [0.4, 0.5) is 0 Å². The minimum Gasteiger partial charge on any atom is -0.493 e. The van der Waals surface area contributed by atoms with Crippen molar-refractivity contribution in [3.05, 3.63) is 64.7 Å². The van der Waals surface area contributed by atoms with Crippen molar-refractivity contribution >= 4 is 0 Å². The summed E-state index contributed by atoms with van der Waals surface area (Å²) in [6, 6.07) is 14.4. The Bertz CT molecular complexity index is 658. The maximum atomic E-state index is 10.9. The van der Waals surface area contributed by atoms with Crippen LogP contribution in [0.15, 0.2) is 42.5 Å². The van der Waals surface area contributed by atoms with E-state index in [-0.39, 0.29) is 0 Å². The first-order valence-electron chi connectivity index (χ1n) is 7.86. The fraction of sp³-hybridized carbons (Fsp3) is 0.368. The Kier molecular flexibility index (Phi) is 3.19. The number of para-hydroxylation sites is 1. The van der Waals surface area contributed by atoms with Gasteiger partial charge < -0.3 is 9.84 Å². The number of ether oxygens (including phenoxy) is 1. The van der Waals surface area contributed by atoms with Crippen LogP contribution in [0.1, 0.15) is 53.5 Å². The van der Waals surface area contributed by atoms with Crippen LogP contribution in [-0.2, 0) is 6.42 Å². The highest BCUT2D eigenvalue weighted by molar-refractivity contribution is 5.49. The number of rotatable bonds is 3. The van der Waals surface area contributed by atoms with E-state index in [1.807, 2.05) is 18.2 Å². The van der Waals surface area contributed by atoms with Crippen molar-refractivity contribution in [3.63, 3.8) is 0 Å². The van der Waals surface area contributed by atoms with Crippen molar-refractivity contribution in [3.8, 4) is 5.75 Å². The number of aryl methyl sites for hydroxylation is 1. The molecule has 0 spiro atoms. The SMILES string of the molecule is OC(c1ccccc1C1CC1)c1cccc2c1OCCC2. The van der Waals surface area contributed by atoms with E-state index in [1.165, 1.54) is 24.0 Å². The summed E-state index contributed by atoms with van der Waals surface area (Å²) in [6.07, 6.45) is 4.00. The summed E-state index contributed by atoms with van der Waals surface area (Å²) in [7, 11) is 0. The third-order valence-corrected chi connectivity index (χ3v) is 4.57. The Balaban J connectivity index is 1.77. The minimum absolute atomic E-state index is 0.588. The van der Waals surface area contributed by atoms with Gasteiger partial charge in [-0.1, -0.05) is 42.5 Å². The topological polar surface area (TPSA) is 29.5 Å². The molecule has 1 N–H and O–H groups in total. The lowest BCUT2D eigenvalue weighted by Crippen LogP contribution is -2.13. The summed E-state index contributed by atoms with van der Waals surface area (Å²) in [6.45, 7) is 0.751. The number of aliphatic hydroxyl groups excluding tert-OH is 1. The highest BCUT2D eigenvalue weighted by Gasteiger charge is 2.29. The number of aliphatic hydroxyl groups is 1. The molecule has 108 valence electrons. The number of benzene rings is 2. The summed E-state index contributed by atoms with van der Waals surface area (Å²) in [4.78, 5) is 0. The van der Waals surface area contributed by atoms with Crippen LogP contribution in [0.25, 0.3) is 0 Å². The Morgan fingerprint density at radius 3 is 2.67 bits per heavy atom. The highest BCUT2D eigenvalue weighted by Crippen LogP contribution is 2.45. The summed E-state index contributed by atoms with van der Waals surface area (Å²) >= 11 is 0. The molecular weight excluding hydrogens is 260 g/mol. The van der Waals surface area contributed by atoms with Gasteiger partial charge >= 0.3 is 0 Å². The minimum atomic E-state index is -0.588. The summed E-state index contributed by atoms with van der Waals surface area (Å²) in [5.41, 5.74) is 4.49. The van der Waals surface area contributed by atoms with Crippen molar-refractivity contribution in [2.45, 2.75) is 37.7 Å². The van der Waals surface area contributed by atoms with Gasteiger partial charge in [0.25, 0.3) is 0 Å². The molecule has 1 fully saturated rings. The maximum Gasteiger partial charge on any atom is 0.128 e. The Morgan fingerprint density at radius 2 is 1.81 bits per heavy atom. The molecule has 0 amide bonds. The normalized spacial score (nSPS) is 18.7. The van der Waals surface area contributed by atoms with E-state index >= 15 is 0 Å². The van der Waals surface area contributed by atoms with E-state index in [4.69, 9.17) is 4.74 Å². The highest BCUT2D eigenvalue weighted by atomic mass is 16.5. The van der Waals surface area contributed by atoms with Gasteiger partial charge in [0.2, 0.25) is 0 Å². The van der Waals surface area contributed by atoms with Crippen LogP contribution >= 0.6 is 0 Å². The standard InChI is InChI=1S/C19H20O2/c20-18(16-8-2-1-7-15(16)13-10-11-13)17-9-3-5-14-6-4-12-21-19(14)17/h1-3,5,7-9,13,18,20H,4,6,10-12H2. The zero-order valence-corrected chi connectivity index (χ0v) is 12.1. The van der Waals surface area contributed by atoms with Crippen LogP contribution in [0, 0.1) is 0 Å². The van der Waals surface area contributed by atoms with Gasteiger partial charge in [-0.15, -0.1) is 0 Å². The molecule has 2 heteroatoms. The van der Waals surface area contributed by atoms with Crippen LogP contribution in [0.2, 0.25) is 0 Å². The number of fused-ring (bicyclic) bond motifs is 1. The molecule has 1 aliphatic heterocycles. The van der Waals surface area contributed by atoms with Gasteiger partial charge in [0.15, 0.2) is 0 Å². The third-order valence-electron chi connectivity index (χ3n) is 4.57. The summed E-state index contributed by atoms with van der Waals surface area (Å²) in [5.74, 6) is 1.54. The molecule has 1 atom stereocenters. The van der Waals surface area contributed by atoms with Gasteiger partial charge in [-0.25, -0.2) is 0 Å². The smallest absolute Gasteiger partial charge is 0.128 e. The van der Waals surface area contributed by atoms with E-state index in [9.17, 15) is 5.11 Å². The number of hydrogen-bond acceptors (Lipinski definition) is 2. The average molecular weight is 280 g/mol. The second-order valence-corrected chi connectivity index (χ2v) is 6.09. The molecular formula is C19H20O2. The second kappa shape index (κ2) is 5.19. The van der Waals surface area contributed by atoms with Gasteiger partial charge in [0.1, 0.15) is 11.9 Å². The van der Waals surface area contributed by atoms with Crippen LogP contribution in [-0.4, -0.2) is 11.7 Å². The van der Waals surface area contributed by atoms with Crippen LogP contribution in [0.5, 0.6) is 5.75 Å². The van der Waals surface area contributed by atoms with E-state index in [2.05, 4.69) is 24.3 Å². The molecule has 1 unspecified atom stereocenters. The predicted octanol–water partition coefficient (Wildman–Crippen LogP) is 3.97. The first-order chi connectivity index (χ1) is 10.3. The lowest BCUT2D eigenvalue weighted by molar-refractivity contribution is 0.206. The van der Waals surface area contributed by atoms with Gasteiger partial charge in [0.05, 0.1) is 6.61 Å². The molecule has 0 saturated heterocycles. The monoisotopic (exact) mass is 280 g/mol. The van der Waals surface area contributed by atoms with Crippen molar-refractivity contribution in [2.75, 3.05) is 6.61 Å². The average Bonchev–Trinajstić information content (AvgIpc) is 3.38. The molecule has 1 aliphatic carbocycles. The van der Waals surface area contributed by atoms with E-state index in [1.54, 1.807) is 0 Å². The van der Waals surface area contributed by atoms with Gasteiger partial charge in [-0.2, -0.15) is 0 Å². The Labute approximate surface area is 125 Å². The van der Waals surface area contributed by atoms with Crippen LogP contribution < -0.4 is 4.74 Å². The zero-order chi connectivity index (χ0) is 14.2.